The summed E-state index contributed by atoms with van der Waals surface area (Å²) >= 11 is 1.66. The lowest BCUT2D eigenvalue weighted by Crippen LogP contribution is -2.25. The van der Waals surface area contributed by atoms with E-state index in [1.807, 2.05) is 17.5 Å². The Hall–Kier alpha value is -2.14. The molecule has 1 heterocycles. The fourth-order valence-electron chi connectivity index (χ4n) is 2.15. The number of nitrogens with one attached hydrogen (secondary N) is 2. The number of anilines is 1. The topological polar surface area (TPSA) is 58.2 Å². The van der Waals surface area contributed by atoms with Crippen molar-refractivity contribution in [3.63, 3.8) is 0 Å². The van der Waals surface area contributed by atoms with E-state index in [1.54, 1.807) is 35.6 Å². The average Bonchev–Trinajstić information content (AvgIpc) is 3.17. The first-order chi connectivity index (χ1) is 10.7. The molecule has 114 valence electrons. The van der Waals surface area contributed by atoms with Crippen molar-refractivity contribution in [2.75, 3.05) is 5.32 Å². The summed E-state index contributed by atoms with van der Waals surface area (Å²) < 4.78 is 0. The second kappa shape index (κ2) is 6.75. The van der Waals surface area contributed by atoms with E-state index >= 15 is 0 Å². The molecule has 0 saturated heterocycles. The predicted octanol–water partition coefficient (Wildman–Crippen LogP) is 3.21. The Labute approximate surface area is 133 Å². The number of thiophene rings is 1. The van der Waals surface area contributed by atoms with Gasteiger partial charge in [0.1, 0.15) is 0 Å². The zero-order valence-corrected chi connectivity index (χ0v) is 13.0. The zero-order valence-electron chi connectivity index (χ0n) is 12.2. The molecule has 1 aromatic heterocycles. The van der Waals surface area contributed by atoms with E-state index in [4.69, 9.17) is 0 Å². The summed E-state index contributed by atoms with van der Waals surface area (Å²) in [6.45, 7) is 0. The van der Waals surface area contributed by atoms with Crippen molar-refractivity contribution in [3.05, 3.63) is 52.2 Å². The number of rotatable bonds is 6. The number of aryl methyl sites for hydroxylation is 1. The first-order valence-corrected chi connectivity index (χ1v) is 8.32. The molecule has 1 fully saturated rings. The summed E-state index contributed by atoms with van der Waals surface area (Å²) in [6, 6.07) is 11.4. The molecule has 1 saturated carbocycles. The fraction of sp³-hybridized carbons (Fsp3) is 0.294. The normalized spacial score (nSPS) is 13.6. The van der Waals surface area contributed by atoms with Gasteiger partial charge in [0.15, 0.2) is 0 Å². The Morgan fingerprint density at radius 3 is 2.77 bits per heavy atom. The molecule has 0 spiro atoms. The lowest BCUT2D eigenvalue weighted by molar-refractivity contribution is -0.116. The van der Waals surface area contributed by atoms with E-state index in [0.717, 1.165) is 19.3 Å². The van der Waals surface area contributed by atoms with E-state index in [0.29, 0.717) is 23.7 Å². The van der Waals surface area contributed by atoms with Gasteiger partial charge in [0.05, 0.1) is 0 Å². The third-order valence-corrected chi connectivity index (χ3v) is 4.44. The summed E-state index contributed by atoms with van der Waals surface area (Å²) in [4.78, 5) is 25.2. The van der Waals surface area contributed by atoms with Crippen LogP contribution in [0.25, 0.3) is 0 Å². The molecule has 1 aliphatic carbocycles. The van der Waals surface area contributed by atoms with E-state index in [-0.39, 0.29) is 11.8 Å². The molecule has 0 atom stereocenters. The maximum absolute atomic E-state index is 12.0. The van der Waals surface area contributed by atoms with Gasteiger partial charge in [-0.05, 0) is 48.9 Å². The van der Waals surface area contributed by atoms with Crippen LogP contribution in [-0.4, -0.2) is 17.9 Å². The van der Waals surface area contributed by atoms with Crippen LogP contribution in [-0.2, 0) is 11.2 Å². The monoisotopic (exact) mass is 314 g/mol. The standard InChI is InChI=1S/C17H18N2O2S/c20-16(9-8-15-5-2-10-22-15)18-14-4-1-3-12(11-14)17(21)19-13-6-7-13/h1-5,10-11,13H,6-9H2,(H,18,20)(H,19,21). The smallest absolute Gasteiger partial charge is 0.251 e. The highest BCUT2D eigenvalue weighted by atomic mass is 32.1. The zero-order chi connectivity index (χ0) is 15.4. The molecule has 4 nitrogen and oxygen atoms in total. The molecule has 2 aromatic rings. The van der Waals surface area contributed by atoms with Gasteiger partial charge in [-0.25, -0.2) is 0 Å². The van der Waals surface area contributed by atoms with Crippen LogP contribution in [0.3, 0.4) is 0 Å². The van der Waals surface area contributed by atoms with Gasteiger partial charge in [-0.2, -0.15) is 0 Å². The molecule has 0 radical (unpaired) electrons. The molecule has 2 N–H and O–H groups in total. The highest BCUT2D eigenvalue weighted by molar-refractivity contribution is 7.09. The van der Waals surface area contributed by atoms with E-state index in [9.17, 15) is 9.59 Å². The number of carbonyl (C=O) groups is 2. The van der Waals surface area contributed by atoms with Gasteiger partial charge >= 0.3 is 0 Å². The molecule has 3 rings (SSSR count). The third-order valence-electron chi connectivity index (χ3n) is 3.50. The predicted molar refractivity (Wildman–Crippen MR) is 88.2 cm³/mol. The molecule has 0 unspecified atom stereocenters. The van der Waals surface area contributed by atoms with Crippen LogP contribution in [0.15, 0.2) is 41.8 Å². The summed E-state index contributed by atoms with van der Waals surface area (Å²) in [7, 11) is 0. The minimum atomic E-state index is -0.0721. The van der Waals surface area contributed by atoms with Crippen LogP contribution < -0.4 is 10.6 Å². The van der Waals surface area contributed by atoms with Crippen LogP contribution in [0.1, 0.15) is 34.5 Å². The molecular weight excluding hydrogens is 296 g/mol. The largest absolute Gasteiger partial charge is 0.349 e. The molecule has 1 aliphatic rings. The van der Waals surface area contributed by atoms with Crippen molar-refractivity contribution < 1.29 is 9.59 Å². The maximum atomic E-state index is 12.0. The van der Waals surface area contributed by atoms with E-state index < -0.39 is 0 Å². The lowest BCUT2D eigenvalue weighted by atomic mass is 10.1. The third kappa shape index (κ3) is 4.18. The van der Waals surface area contributed by atoms with Crippen LogP contribution in [0.2, 0.25) is 0 Å². The highest BCUT2D eigenvalue weighted by Crippen LogP contribution is 2.20. The van der Waals surface area contributed by atoms with Crippen LogP contribution >= 0.6 is 11.3 Å². The van der Waals surface area contributed by atoms with Gasteiger partial charge in [0.2, 0.25) is 5.91 Å². The number of hydrogen-bond donors (Lipinski definition) is 2. The lowest BCUT2D eigenvalue weighted by Gasteiger charge is -2.07. The quantitative estimate of drug-likeness (QED) is 0.860. The van der Waals surface area contributed by atoms with Gasteiger partial charge < -0.3 is 10.6 Å². The molecule has 22 heavy (non-hydrogen) atoms. The summed E-state index contributed by atoms with van der Waals surface area (Å²) in [5.41, 5.74) is 1.25. The molecular formula is C17H18N2O2S. The van der Waals surface area contributed by atoms with Crippen molar-refractivity contribution >= 4 is 28.8 Å². The number of carbonyl (C=O) groups excluding carboxylic acids is 2. The molecule has 2 amide bonds. The van der Waals surface area contributed by atoms with Gasteiger partial charge in [-0.3, -0.25) is 9.59 Å². The second-order valence-corrected chi connectivity index (χ2v) is 6.49. The number of hydrogen-bond acceptors (Lipinski definition) is 3. The molecule has 0 aliphatic heterocycles. The maximum Gasteiger partial charge on any atom is 0.251 e. The van der Waals surface area contributed by atoms with Crippen molar-refractivity contribution in [1.82, 2.24) is 5.32 Å². The molecule has 5 heteroatoms. The van der Waals surface area contributed by atoms with Crippen molar-refractivity contribution in [1.29, 1.82) is 0 Å². The Balaban J connectivity index is 1.54. The Morgan fingerprint density at radius 2 is 2.05 bits per heavy atom. The summed E-state index contributed by atoms with van der Waals surface area (Å²) in [5.74, 6) is -0.106. The average molecular weight is 314 g/mol. The van der Waals surface area contributed by atoms with Crippen molar-refractivity contribution in [3.8, 4) is 0 Å². The summed E-state index contributed by atoms with van der Waals surface area (Å²) in [6.07, 6.45) is 3.31. The van der Waals surface area contributed by atoms with E-state index in [1.165, 1.54) is 4.88 Å². The summed E-state index contributed by atoms with van der Waals surface area (Å²) in [5, 5.41) is 7.81. The second-order valence-electron chi connectivity index (χ2n) is 5.46. The van der Waals surface area contributed by atoms with Crippen LogP contribution in [0.5, 0.6) is 0 Å². The number of benzene rings is 1. The Kier molecular flexibility index (Phi) is 4.53. The number of amides is 2. The first-order valence-electron chi connectivity index (χ1n) is 7.44. The van der Waals surface area contributed by atoms with Crippen molar-refractivity contribution in [2.24, 2.45) is 0 Å². The van der Waals surface area contributed by atoms with Crippen LogP contribution in [0.4, 0.5) is 5.69 Å². The molecule has 0 bridgehead atoms. The fourth-order valence-corrected chi connectivity index (χ4v) is 2.86. The van der Waals surface area contributed by atoms with Crippen LogP contribution in [0, 0.1) is 0 Å². The Morgan fingerprint density at radius 1 is 1.18 bits per heavy atom. The minimum Gasteiger partial charge on any atom is -0.349 e. The SMILES string of the molecule is O=C(CCc1cccs1)Nc1cccc(C(=O)NC2CC2)c1. The minimum absolute atomic E-state index is 0.0341. The highest BCUT2D eigenvalue weighted by Gasteiger charge is 2.23. The van der Waals surface area contributed by atoms with Gasteiger partial charge in [-0.15, -0.1) is 11.3 Å². The van der Waals surface area contributed by atoms with Gasteiger partial charge in [0, 0.05) is 28.6 Å². The van der Waals surface area contributed by atoms with Crippen molar-refractivity contribution in [2.45, 2.75) is 31.7 Å². The Bertz CT molecular complexity index is 663. The van der Waals surface area contributed by atoms with Gasteiger partial charge in [-0.1, -0.05) is 12.1 Å². The molecule has 1 aromatic carbocycles. The van der Waals surface area contributed by atoms with E-state index in [2.05, 4.69) is 10.6 Å². The first kappa shape index (κ1) is 14.8. The van der Waals surface area contributed by atoms with Gasteiger partial charge in [0.25, 0.3) is 5.91 Å².